The van der Waals surface area contributed by atoms with Gasteiger partial charge in [-0.2, -0.15) is 0 Å². The Kier molecular flexibility index (Phi) is 5.30. The van der Waals surface area contributed by atoms with Gasteiger partial charge in [0.1, 0.15) is 17.9 Å². The summed E-state index contributed by atoms with van der Waals surface area (Å²) in [5, 5.41) is 0. The number of aryl methyl sites for hydroxylation is 2. The number of ether oxygens (including phenoxy) is 2. The van der Waals surface area contributed by atoms with Gasteiger partial charge >= 0.3 is 11.9 Å². The molecule has 5 nitrogen and oxygen atoms in total. The van der Waals surface area contributed by atoms with E-state index < -0.39 is 17.9 Å². The van der Waals surface area contributed by atoms with Crippen LogP contribution in [0.3, 0.4) is 0 Å². The molecule has 4 atom stereocenters. The second-order valence-electron chi connectivity index (χ2n) is 9.05. The van der Waals surface area contributed by atoms with Crippen molar-refractivity contribution in [2.45, 2.75) is 56.2 Å². The predicted molar refractivity (Wildman–Crippen MR) is 117 cm³/mol. The van der Waals surface area contributed by atoms with Crippen LogP contribution in [0.25, 0.3) is 0 Å². The van der Waals surface area contributed by atoms with Crippen molar-refractivity contribution < 1.29 is 19.1 Å². The summed E-state index contributed by atoms with van der Waals surface area (Å²) in [6.07, 6.45) is 3.99. The maximum absolute atomic E-state index is 13.7. The van der Waals surface area contributed by atoms with Gasteiger partial charge in [0.25, 0.3) is 0 Å². The molecule has 0 saturated carbocycles. The predicted octanol–water partition coefficient (Wildman–Crippen LogP) is 3.48. The molecule has 2 unspecified atom stereocenters. The van der Waals surface area contributed by atoms with Gasteiger partial charge in [-0.15, -0.1) is 0 Å². The molecule has 2 heterocycles. The number of fused-ring (bicyclic) bond motifs is 4. The van der Waals surface area contributed by atoms with Gasteiger partial charge in [-0.05, 0) is 55.0 Å². The van der Waals surface area contributed by atoms with E-state index in [9.17, 15) is 9.59 Å². The molecule has 2 aliphatic heterocycles. The van der Waals surface area contributed by atoms with E-state index in [2.05, 4.69) is 24.1 Å². The van der Waals surface area contributed by atoms with E-state index in [1.807, 2.05) is 36.4 Å². The molecule has 2 aromatic carbocycles. The highest BCUT2D eigenvalue weighted by Gasteiger charge is 2.51. The molecule has 162 valence electrons. The van der Waals surface area contributed by atoms with Gasteiger partial charge in [-0.25, -0.2) is 0 Å². The number of esters is 2. The Morgan fingerprint density at radius 2 is 1.52 bits per heavy atom. The van der Waals surface area contributed by atoms with Gasteiger partial charge in [0.2, 0.25) is 0 Å². The van der Waals surface area contributed by atoms with Crippen LogP contribution in [0.5, 0.6) is 0 Å². The summed E-state index contributed by atoms with van der Waals surface area (Å²) in [6, 6.07) is 16.7. The molecule has 2 bridgehead atoms. The fourth-order valence-electron chi connectivity index (χ4n) is 5.98. The molecule has 31 heavy (non-hydrogen) atoms. The monoisotopic (exact) mass is 419 g/mol. The van der Waals surface area contributed by atoms with Gasteiger partial charge in [0, 0.05) is 18.5 Å². The van der Waals surface area contributed by atoms with Crippen LogP contribution in [0.4, 0.5) is 0 Å². The number of hydrogen-bond donors (Lipinski definition) is 0. The maximum atomic E-state index is 13.7. The number of methoxy groups -OCH3 is 1. The molecule has 2 saturated heterocycles. The lowest BCUT2D eigenvalue weighted by atomic mass is 9.86. The van der Waals surface area contributed by atoms with Crippen molar-refractivity contribution in [2.75, 3.05) is 14.2 Å². The molecule has 2 aromatic rings. The summed E-state index contributed by atoms with van der Waals surface area (Å²) in [6.45, 7) is 0. The van der Waals surface area contributed by atoms with Crippen LogP contribution < -0.4 is 0 Å². The van der Waals surface area contributed by atoms with Crippen molar-refractivity contribution in [1.82, 2.24) is 4.90 Å². The molecule has 5 rings (SSSR count). The van der Waals surface area contributed by atoms with Gasteiger partial charge in [0.05, 0.1) is 7.11 Å². The summed E-state index contributed by atoms with van der Waals surface area (Å²) < 4.78 is 11.3. The second-order valence-corrected chi connectivity index (χ2v) is 9.05. The number of rotatable bonds is 3. The fraction of sp³-hybridized carbons (Fsp3) is 0.462. The minimum atomic E-state index is -0.467. The summed E-state index contributed by atoms with van der Waals surface area (Å²) in [5.41, 5.74) is 4.41. The Labute approximate surface area is 183 Å². The van der Waals surface area contributed by atoms with Crippen LogP contribution in [0.1, 0.15) is 47.4 Å². The van der Waals surface area contributed by atoms with E-state index in [1.54, 1.807) is 0 Å². The molecule has 0 radical (unpaired) electrons. The molecule has 0 spiro atoms. The minimum absolute atomic E-state index is 0.0673. The molecule has 3 aliphatic rings. The van der Waals surface area contributed by atoms with Crippen molar-refractivity contribution in [3.63, 3.8) is 0 Å². The van der Waals surface area contributed by atoms with E-state index in [0.29, 0.717) is 12.5 Å². The third-order valence-corrected chi connectivity index (χ3v) is 7.59. The molecular formula is C26H29NO4. The van der Waals surface area contributed by atoms with Crippen LogP contribution in [0.2, 0.25) is 0 Å². The number of carbonyl (C=O) groups excluding carboxylic acids is 2. The quantitative estimate of drug-likeness (QED) is 0.713. The normalized spacial score (nSPS) is 27.7. The summed E-state index contributed by atoms with van der Waals surface area (Å²) in [5.74, 6) is -1.44. The number of nitrogens with zero attached hydrogens (tertiary/aromatic N) is 1. The highest BCUT2D eigenvalue weighted by Crippen LogP contribution is 2.42. The number of hydrogen-bond acceptors (Lipinski definition) is 5. The summed E-state index contributed by atoms with van der Waals surface area (Å²) >= 11 is 0. The lowest BCUT2D eigenvalue weighted by Crippen LogP contribution is -2.53. The molecular weight excluding hydrogens is 390 g/mol. The van der Waals surface area contributed by atoms with E-state index in [4.69, 9.17) is 9.47 Å². The van der Waals surface area contributed by atoms with Gasteiger partial charge in [0.15, 0.2) is 0 Å². The molecule has 0 amide bonds. The average Bonchev–Trinajstić information content (AvgIpc) is 2.95. The first-order valence-electron chi connectivity index (χ1n) is 11.2. The van der Waals surface area contributed by atoms with Crippen molar-refractivity contribution in [1.29, 1.82) is 0 Å². The van der Waals surface area contributed by atoms with Crippen LogP contribution in [-0.2, 0) is 31.9 Å². The first kappa shape index (κ1) is 20.3. The topological polar surface area (TPSA) is 55.8 Å². The average molecular weight is 420 g/mol. The Bertz CT molecular complexity index is 955. The van der Waals surface area contributed by atoms with Gasteiger partial charge in [-0.1, -0.05) is 48.5 Å². The van der Waals surface area contributed by atoms with E-state index in [0.717, 1.165) is 36.8 Å². The van der Waals surface area contributed by atoms with Crippen molar-refractivity contribution >= 4 is 11.9 Å². The van der Waals surface area contributed by atoms with Crippen molar-refractivity contribution in [2.24, 2.45) is 5.92 Å². The first-order chi connectivity index (χ1) is 15.1. The van der Waals surface area contributed by atoms with Gasteiger partial charge in [-0.3, -0.25) is 14.5 Å². The smallest absolute Gasteiger partial charge is 0.318 e. The lowest BCUT2D eigenvalue weighted by molar-refractivity contribution is -0.168. The van der Waals surface area contributed by atoms with E-state index >= 15 is 0 Å². The van der Waals surface area contributed by atoms with Crippen LogP contribution >= 0.6 is 0 Å². The summed E-state index contributed by atoms with van der Waals surface area (Å²) in [7, 11) is 3.48. The third-order valence-electron chi connectivity index (χ3n) is 7.59. The number of benzene rings is 2. The fourth-order valence-corrected chi connectivity index (χ4v) is 5.98. The summed E-state index contributed by atoms with van der Waals surface area (Å²) in [4.78, 5) is 28.7. The third kappa shape index (κ3) is 3.45. The molecule has 5 heteroatoms. The maximum Gasteiger partial charge on any atom is 0.318 e. The molecule has 0 aromatic heterocycles. The standard InChI is InChI=1S/C26H29NO4/c1-27-18-13-14-21(27)24(25(28)30-2)22(15-18)31-26(29)23-19-9-5-3-7-16(19)11-12-17-8-4-6-10-20(17)23/h3-10,18,21-24H,11-15H2,1-2H3/t18-,21?,22+,24?/m1/s1. The zero-order valence-electron chi connectivity index (χ0n) is 18.1. The zero-order valence-corrected chi connectivity index (χ0v) is 18.1. The first-order valence-corrected chi connectivity index (χ1v) is 11.2. The van der Waals surface area contributed by atoms with Crippen LogP contribution in [0.15, 0.2) is 48.5 Å². The number of piperidine rings is 1. The molecule has 2 fully saturated rings. The van der Waals surface area contributed by atoms with Crippen molar-refractivity contribution in [3.8, 4) is 0 Å². The highest BCUT2D eigenvalue weighted by molar-refractivity contribution is 5.84. The van der Waals surface area contributed by atoms with Crippen LogP contribution in [0, 0.1) is 5.92 Å². The largest absolute Gasteiger partial charge is 0.469 e. The SMILES string of the molecule is COC(=O)C1C2CC[C@H](C[C@@H]1OC(=O)C1c3ccccc3CCc3ccccc31)N2C. The Balaban J connectivity index is 1.50. The van der Waals surface area contributed by atoms with Crippen molar-refractivity contribution in [3.05, 3.63) is 70.8 Å². The van der Waals surface area contributed by atoms with E-state index in [1.165, 1.54) is 18.2 Å². The van der Waals surface area contributed by atoms with Gasteiger partial charge < -0.3 is 9.47 Å². The molecule has 0 N–H and O–H groups in total. The minimum Gasteiger partial charge on any atom is -0.469 e. The Morgan fingerprint density at radius 1 is 0.903 bits per heavy atom. The Morgan fingerprint density at radius 3 is 2.13 bits per heavy atom. The lowest BCUT2D eigenvalue weighted by Gasteiger charge is -2.41. The zero-order chi connectivity index (χ0) is 21.5. The number of carbonyl (C=O) groups is 2. The second kappa shape index (κ2) is 8.12. The molecule has 1 aliphatic carbocycles. The highest BCUT2D eigenvalue weighted by atomic mass is 16.6. The Hall–Kier alpha value is -2.66. The van der Waals surface area contributed by atoms with E-state index in [-0.39, 0.29) is 18.0 Å². The van der Waals surface area contributed by atoms with Crippen LogP contribution in [-0.4, -0.2) is 49.2 Å².